The maximum absolute atomic E-state index is 12.8. The van der Waals surface area contributed by atoms with Crippen LogP contribution in [0.25, 0.3) is 0 Å². The number of carbonyl (C=O) groups is 2. The second kappa shape index (κ2) is 10.9. The van der Waals surface area contributed by atoms with Crippen molar-refractivity contribution in [2.75, 3.05) is 19.0 Å². The van der Waals surface area contributed by atoms with Gasteiger partial charge in [0.2, 0.25) is 11.8 Å². The minimum atomic E-state index is -0.859. The van der Waals surface area contributed by atoms with Crippen LogP contribution in [0.15, 0.2) is 67.1 Å². The number of methoxy groups -OCH3 is 1. The third-order valence-corrected chi connectivity index (χ3v) is 4.51. The summed E-state index contributed by atoms with van der Waals surface area (Å²) in [6, 6.07) is 15.7. The number of aromatic nitrogens is 2. The summed E-state index contributed by atoms with van der Waals surface area (Å²) in [5.74, 6) is 0.00824. The van der Waals surface area contributed by atoms with Gasteiger partial charge in [-0.1, -0.05) is 30.3 Å². The average molecular weight is 422 g/mol. The van der Waals surface area contributed by atoms with Crippen molar-refractivity contribution >= 4 is 17.5 Å². The first kappa shape index (κ1) is 22.0. The van der Waals surface area contributed by atoms with Gasteiger partial charge in [-0.25, -0.2) is 4.98 Å². The van der Waals surface area contributed by atoms with Crippen LogP contribution in [0.4, 0.5) is 5.69 Å². The van der Waals surface area contributed by atoms with Crippen molar-refractivity contribution in [3.05, 3.63) is 78.4 Å². The van der Waals surface area contributed by atoms with E-state index >= 15 is 0 Å². The Balaban J connectivity index is 1.62. The predicted octanol–water partition coefficient (Wildman–Crippen LogP) is 2.31. The van der Waals surface area contributed by atoms with E-state index in [0.717, 1.165) is 5.56 Å². The molecule has 2 aromatic carbocycles. The number of hydrogen-bond acceptors (Lipinski definition) is 5. The molecule has 0 aliphatic carbocycles. The van der Waals surface area contributed by atoms with E-state index in [1.807, 2.05) is 37.4 Å². The first-order chi connectivity index (χ1) is 15.0. The summed E-state index contributed by atoms with van der Waals surface area (Å²) in [5, 5.41) is 5.56. The lowest BCUT2D eigenvalue weighted by molar-refractivity contribution is -0.127. The van der Waals surface area contributed by atoms with Crippen molar-refractivity contribution in [1.29, 1.82) is 0 Å². The Morgan fingerprint density at radius 3 is 2.48 bits per heavy atom. The predicted molar refractivity (Wildman–Crippen MR) is 117 cm³/mol. The molecule has 3 rings (SSSR count). The van der Waals surface area contributed by atoms with E-state index in [9.17, 15) is 9.59 Å². The highest BCUT2D eigenvalue weighted by molar-refractivity contribution is 5.97. The fraction of sp³-hybridized carbons (Fsp3) is 0.261. The molecule has 2 amide bonds. The number of nitrogens with one attached hydrogen (secondary N) is 2. The topological polar surface area (TPSA) is 94.5 Å². The van der Waals surface area contributed by atoms with Crippen molar-refractivity contribution in [2.24, 2.45) is 7.05 Å². The summed E-state index contributed by atoms with van der Waals surface area (Å²) in [5.41, 5.74) is 2.20. The van der Waals surface area contributed by atoms with Gasteiger partial charge >= 0.3 is 0 Å². The van der Waals surface area contributed by atoms with Crippen LogP contribution in [0.5, 0.6) is 5.75 Å². The molecule has 3 aromatic rings. The molecule has 162 valence electrons. The molecule has 8 heteroatoms. The van der Waals surface area contributed by atoms with Crippen LogP contribution in [0.1, 0.15) is 11.3 Å². The third kappa shape index (κ3) is 6.97. The van der Waals surface area contributed by atoms with Gasteiger partial charge in [-0.2, -0.15) is 0 Å². The molecule has 1 aromatic heterocycles. The number of hydrogen-bond donors (Lipinski definition) is 2. The van der Waals surface area contributed by atoms with Crippen molar-refractivity contribution in [1.82, 2.24) is 14.9 Å². The van der Waals surface area contributed by atoms with E-state index in [1.165, 1.54) is 0 Å². The summed E-state index contributed by atoms with van der Waals surface area (Å²) in [6.07, 6.45) is 3.46. The molecule has 2 N–H and O–H groups in total. The molecular weight excluding hydrogens is 396 g/mol. The van der Waals surface area contributed by atoms with Crippen LogP contribution in [-0.2, 0) is 34.4 Å². The Hall–Kier alpha value is -3.65. The first-order valence-corrected chi connectivity index (χ1v) is 9.86. The highest BCUT2D eigenvalue weighted by atomic mass is 16.5. The number of nitrogens with zero attached hydrogens (tertiary/aromatic N) is 2. The minimum absolute atomic E-state index is 0.0326. The maximum atomic E-state index is 12.8. The van der Waals surface area contributed by atoms with E-state index in [-0.39, 0.29) is 24.8 Å². The molecule has 0 unspecified atom stereocenters. The Kier molecular flexibility index (Phi) is 7.78. The second-order valence-electron chi connectivity index (χ2n) is 7.05. The summed E-state index contributed by atoms with van der Waals surface area (Å²) in [4.78, 5) is 29.5. The summed E-state index contributed by atoms with van der Waals surface area (Å²) in [7, 11) is 3.40. The van der Waals surface area contributed by atoms with Gasteiger partial charge in [0.15, 0.2) is 0 Å². The zero-order chi connectivity index (χ0) is 22.1. The number of benzene rings is 2. The van der Waals surface area contributed by atoms with Gasteiger partial charge in [0.05, 0.1) is 38.8 Å². The molecule has 0 radical (unpaired) electrons. The maximum Gasteiger partial charge on any atom is 0.249 e. The lowest BCUT2D eigenvalue weighted by atomic mass is 10.2. The van der Waals surface area contributed by atoms with E-state index in [1.54, 1.807) is 48.5 Å². The van der Waals surface area contributed by atoms with Crippen LogP contribution < -0.4 is 15.4 Å². The van der Waals surface area contributed by atoms with Gasteiger partial charge in [0.1, 0.15) is 11.8 Å². The molecule has 1 atom stereocenters. The Morgan fingerprint density at radius 2 is 1.84 bits per heavy atom. The van der Waals surface area contributed by atoms with E-state index in [4.69, 9.17) is 9.47 Å². The molecule has 0 saturated heterocycles. The Morgan fingerprint density at radius 1 is 1.10 bits per heavy atom. The van der Waals surface area contributed by atoms with Gasteiger partial charge in [0.25, 0.3) is 0 Å². The average Bonchev–Trinajstić information content (AvgIpc) is 3.18. The second-order valence-corrected chi connectivity index (χ2v) is 7.05. The Bertz CT molecular complexity index is 986. The third-order valence-electron chi connectivity index (χ3n) is 4.51. The number of anilines is 1. The smallest absolute Gasteiger partial charge is 0.249 e. The van der Waals surface area contributed by atoms with E-state index in [2.05, 4.69) is 15.6 Å². The molecule has 0 fully saturated rings. The first-order valence-electron chi connectivity index (χ1n) is 9.86. The Labute approximate surface area is 181 Å². The van der Waals surface area contributed by atoms with Crippen LogP contribution in [0.3, 0.4) is 0 Å². The lowest BCUT2D eigenvalue weighted by Crippen LogP contribution is -2.47. The van der Waals surface area contributed by atoms with E-state index < -0.39 is 6.04 Å². The number of aryl methyl sites for hydroxylation is 1. The zero-order valence-electron chi connectivity index (χ0n) is 17.6. The van der Waals surface area contributed by atoms with Crippen molar-refractivity contribution in [2.45, 2.75) is 19.1 Å². The van der Waals surface area contributed by atoms with Crippen molar-refractivity contribution < 1.29 is 19.1 Å². The molecule has 0 saturated carbocycles. The van der Waals surface area contributed by atoms with Crippen molar-refractivity contribution in [3.63, 3.8) is 0 Å². The standard InChI is InChI=1S/C23H26N4O4/c1-27-13-19(24-16-27)12-22(28)26-21(15-31-14-17-6-4-3-5-7-17)23(29)25-18-8-10-20(30-2)11-9-18/h3-11,13,16,21H,12,14-15H2,1-2H3,(H,25,29)(H,26,28)/t21-/m0/s1. The quantitative estimate of drug-likeness (QED) is 0.523. The van der Waals surface area contributed by atoms with Gasteiger partial charge in [-0.3, -0.25) is 9.59 Å². The number of amides is 2. The van der Waals surface area contributed by atoms with Gasteiger partial charge < -0.3 is 24.7 Å². The van der Waals surface area contributed by atoms with Gasteiger partial charge in [0, 0.05) is 18.9 Å². The summed E-state index contributed by atoms with van der Waals surface area (Å²) < 4.78 is 12.6. The van der Waals surface area contributed by atoms with Crippen LogP contribution in [-0.4, -0.2) is 41.1 Å². The monoisotopic (exact) mass is 422 g/mol. The highest BCUT2D eigenvalue weighted by Gasteiger charge is 2.22. The fourth-order valence-electron chi connectivity index (χ4n) is 2.92. The highest BCUT2D eigenvalue weighted by Crippen LogP contribution is 2.15. The SMILES string of the molecule is COc1ccc(NC(=O)[C@H](COCc2ccccc2)NC(=O)Cc2cn(C)cn2)cc1. The zero-order valence-corrected chi connectivity index (χ0v) is 17.6. The largest absolute Gasteiger partial charge is 0.497 e. The molecule has 0 aliphatic heterocycles. The number of imidazole rings is 1. The van der Waals surface area contributed by atoms with E-state index in [0.29, 0.717) is 23.7 Å². The molecule has 1 heterocycles. The molecule has 0 bridgehead atoms. The van der Waals surface area contributed by atoms with Crippen LogP contribution in [0.2, 0.25) is 0 Å². The van der Waals surface area contributed by atoms with Crippen LogP contribution in [0, 0.1) is 0 Å². The summed E-state index contributed by atoms with van der Waals surface area (Å²) in [6.45, 7) is 0.369. The number of carbonyl (C=O) groups excluding carboxylic acids is 2. The van der Waals surface area contributed by atoms with Crippen molar-refractivity contribution in [3.8, 4) is 5.75 Å². The molecule has 31 heavy (non-hydrogen) atoms. The minimum Gasteiger partial charge on any atom is -0.497 e. The van der Waals surface area contributed by atoms with Crippen LogP contribution >= 0.6 is 0 Å². The molecule has 0 spiro atoms. The summed E-state index contributed by atoms with van der Waals surface area (Å²) >= 11 is 0. The molecule has 8 nitrogen and oxygen atoms in total. The normalized spacial score (nSPS) is 11.5. The number of rotatable bonds is 10. The lowest BCUT2D eigenvalue weighted by Gasteiger charge is -2.19. The fourth-order valence-corrected chi connectivity index (χ4v) is 2.92. The van der Waals surface area contributed by atoms with Gasteiger partial charge in [-0.05, 0) is 29.8 Å². The van der Waals surface area contributed by atoms with Gasteiger partial charge in [-0.15, -0.1) is 0 Å². The molecular formula is C23H26N4O4. The number of ether oxygens (including phenoxy) is 2. The molecule has 0 aliphatic rings.